The maximum atomic E-state index is 13.8. The largest absolute Gasteiger partial charge is 0.378 e. The minimum Gasteiger partial charge on any atom is -0.378 e. The lowest BCUT2D eigenvalue weighted by Gasteiger charge is -2.40. The fraction of sp³-hybridized carbons (Fsp3) is 0.600. The third-order valence-electron chi connectivity index (χ3n) is 4.57. The molecule has 0 saturated carbocycles. The highest BCUT2D eigenvalue weighted by Crippen LogP contribution is 2.42. The van der Waals surface area contributed by atoms with Gasteiger partial charge in [-0.2, -0.15) is 0 Å². The molecule has 0 amide bonds. The molecule has 2 aliphatic heterocycles. The Morgan fingerprint density at radius 3 is 3.00 bits per heavy atom. The quantitative estimate of drug-likeness (QED) is 0.644. The van der Waals surface area contributed by atoms with Gasteiger partial charge in [-0.05, 0) is 46.3 Å². The van der Waals surface area contributed by atoms with Gasteiger partial charge in [-0.1, -0.05) is 12.1 Å². The highest BCUT2D eigenvalue weighted by molar-refractivity contribution is 9.10. The van der Waals surface area contributed by atoms with E-state index in [0.29, 0.717) is 23.6 Å². The first kappa shape index (κ1) is 15.4. The molecule has 2 fully saturated rings. The minimum atomic E-state index is -0.265. The standard InChI is InChI=1S/C15H20BrFN2O2/c16-13-11(2-1-3-12(13)17)14(19-18)10-4-6-21-15(8-10)5-7-20-9-15/h1-3,10,14,19H,4-9,18H2. The minimum absolute atomic E-state index is 0.101. The molecule has 116 valence electrons. The van der Waals surface area contributed by atoms with Gasteiger partial charge in [0, 0.05) is 19.6 Å². The summed E-state index contributed by atoms with van der Waals surface area (Å²) in [7, 11) is 0. The second kappa shape index (κ2) is 6.30. The van der Waals surface area contributed by atoms with E-state index in [9.17, 15) is 4.39 Å². The maximum absolute atomic E-state index is 13.8. The third-order valence-corrected chi connectivity index (χ3v) is 5.40. The Morgan fingerprint density at radius 1 is 1.43 bits per heavy atom. The van der Waals surface area contributed by atoms with E-state index < -0.39 is 0 Å². The summed E-state index contributed by atoms with van der Waals surface area (Å²) < 4.78 is 25.7. The molecule has 0 aliphatic carbocycles. The van der Waals surface area contributed by atoms with Crippen molar-refractivity contribution in [2.45, 2.75) is 30.9 Å². The topological polar surface area (TPSA) is 56.5 Å². The van der Waals surface area contributed by atoms with E-state index in [1.165, 1.54) is 6.07 Å². The Morgan fingerprint density at radius 2 is 2.29 bits per heavy atom. The molecule has 1 spiro atoms. The van der Waals surface area contributed by atoms with Crippen LogP contribution >= 0.6 is 15.9 Å². The summed E-state index contributed by atoms with van der Waals surface area (Å²) >= 11 is 3.34. The van der Waals surface area contributed by atoms with Crippen LogP contribution in [0.5, 0.6) is 0 Å². The van der Waals surface area contributed by atoms with Crippen LogP contribution in [0, 0.1) is 11.7 Å². The first-order chi connectivity index (χ1) is 10.2. The second-order valence-corrected chi connectivity index (χ2v) is 6.67. The average molecular weight is 359 g/mol. The first-order valence-corrected chi connectivity index (χ1v) is 8.06. The van der Waals surface area contributed by atoms with Gasteiger partial charge in [-0.3, -0.25) is 11.3 Å². The van der Waals surface area contributed by atoms with E-state index in [1.54, 1.807) is 6.07 Å². The molecule has 4 nitrogen and oxygen atoms in total. The Balaban J connectivity index is 1.84. The molecule has 3 rings (SSSR count). The van der Waals surface area contributed by atoms with Gasteiger partial charge in [0.15, 0.2) is 0 Å². The monoisotopic (exact) mass is 358 g/mol. The number of nitrogens with two attached hydrogens (primary N) is 1. The van der Waals surface area contributed by atoms with Gasteiger partial charge in [0.25, 0.3) is 0 Å². The number of nitrogens with one attached hydrogen (secondary N) is 1. The van der Waals surface area contributed by atoms with Crippen molar-refractivity contribution in [3.8, 4) is 0 Å². The van der Waals surface area contributed by atoms with Gasteiger partial charge >= 0.3 is 0 Å². The molecule has 2 saturated heterocycles. The van der Waals surface area contributed by atoms with E-state index in [0.717, 1.165) is 31.4 Å². The highest BCUT2D eigenvalue weighted by atomic mass is 79.9. The van der Waals surface area contributed by atoms with Crippen LogP contribution in [0.4, 0.5) is 4.39 Å². The summed E-state index contributed by atoms with van der Waals surface area (Å²) in [6, 6.07) is 4.96. The Hall–Kier alpha value is -0.530. The lowest BCUT2D eigenvalue weighted by atomic mass is 9.79. The molecule has 0 radical (unpaired) electrons. The molecule has 0 aromatic heterocycles. The molecule has 0 bridgehead atoms. The van der Waals surface area contributed by atoms with Crippen molar-refractivity contribution in [1.82, 2.24) is 5.43 Å². The van der Waals surface area contributed by atoms with Crippen LogP contribution in [0.2, 0.25) is 0 Å². The van der Waals surface area contributed by atoms with Gasteiger partial charge in [-0.25, -0.2) is 4.39 Å². The average Bonchev–Trinajstić information content (AvgIpc) is 2.92. The molecular weight excluding hydrogens is 339 g/mol. The van der Waals surface area contributed by atoms with E-state index in [-0.39, 0.29) is 17.5 Å². The zero-order valence-electron chi connectivity index (χ0n) is 11.8. The summed E-state index contributed by atoms with van der Waals surface area (Å²) in [5, 5.41) is 0. The van der Waals surface area contributed by atoms with Crippen LogP contribution < -0.4 is 11.3 Å². The van der Waals surface area contributed by atoms with Gasteiger partial charge in [0.1, 0.15) is 5.82 Å². The molecule has 1 aromatic carbocycles. The van der Waals surface area contributed by atoms with Crippen LogP contribution in [0.3, 0.4) is 0 Å². The van der Waals surface area contributed by atoms with E-state index in [1.807, 2.05) is 6.07 Å². The van der Waals surface area contributed by atoms with Crippen molar-refractivity contribution < 1.29 is 13.9 Å². The number of rotatable bonds is 3. The van der Waals surface area contributed by atoms with E-state index >= 15 is 0 Å². The maximum Gasteiger partial charge on any atom is 0.137 e. The predicted molar refractivity (Wildman–Crippen MR) is 81.0 cm³/mol. The third kappa shape index (κ3) is 3.00. The van der Waals surface area contributed by atoms with Crippen LogP contribution in [0.1, 0.15) is 30.9 Å². The number of hydrogen-bond donors (Lipinski definition) is 2. The molecule has 3 atom stereocenters. The lowest BCUT2D eigenvalue weighted by molar-refractivity contribution is -0.103. The van der Waals surface area contributed by atoms with Crippen LogP contribution in [0.15, 0.2) is 22.7 Å². The summed E-state index contributed by atoms with van der Waals surface area (Å²) in [6.07, 6.45) is 2.70. The molecule has 1 aromatic rings. The van der Waals surface area contributed by atoms with Crippen LogP contribution in [-0.4, -0.2) is 25.4 Å². The zero-order valence-corrected chi connectivity index (χ0v) is 13.4. The Bertz CT molecular complexity index is 508. The molecule has 3 unspecified atom stereocenters. The lowest BCUT2D eigenvalue weighted by Crippen LogP contribution is -2.45. The van der Waals surface area contributed by atoms with Gasteiger partial charge < -0.3 is 9.47 Å². The normalized spacial score (nSPS) is 30.7. The molecular formula is C15H20BrFN2O2. The molecule has 3 N–H and O–H groups in total. The van der Waals surface area contributed by atoms with Crippen molar-refractivity contribution in [2.75, 3.05) is 19.8 Å². The Labute approximate surface area is 132 Å². The number of benzene rings is 1. The molecule has 2 aliphatic rings. The highest BCUT2D eigenvalue weighted by Gasteiger charge is 2.43. The molecule has 6 heteroatoms. The Kier molecular flexibility index (Phi) is 4.61. The summed E-state index contributed by atoms with van der Waals surface area (Å²) in [6.45, 7) is 2.08. The summed E-state index contributed by atoms with van der Waals surface area (Å²) in [4.78, 5) is 0. The smallest absolute Gasteiger partial charge is 0.137 e. The summed E-state index contributed by atoms with van der Waals surface area (Å²) in [5.74, 6) is 5.81. The predicted octanol–water partition coefficient (Wildman–Crippen LogP) is 2.68. The van der Waals surface area contributed by atoms with Gasteiger partial charge in [-0.15, -0.1) is 0 Å². The van der Waals surface area contributed by atoms with Crippen molar-refractivity contribution >= 4 is 15.9 Å². The number of ether oxygens (including phenoxy) is 2. The van der Waals surface area contributed by atoms with Crippen molar-refractivity contribution in [1.29, 1.82) is 0 Å². The number of hydrogen-bond acceptors (Lipinski definition) is 4. The number of hydrazine groups is 1. The van der Waals surface area contributed by atoms with Crippen LogP contribution in [0.25, 0.3) is 0 Å². The first-order valence-electron chi connectivity index (χ1n) is 7.27. The summed E-state index contributed by atoms with van der Waals surface area (Å²) in [5.41, 5.74) is 3.55. The van der Waals surface area contributed by atoms with E-state index in [4.69, 9.17) is 15.3 Å². The van der Waals surface area contributed by atoms with Crippen molar-refractivity contribution in [3.05, 3.63) is 34.1 Å². The van der Waals surface area contributed by atoms with Gasteiger partial charge in [0.05, 0.1) is 22.7 Å². The SMILES string of the molecule is NNC(c1cccc(F)c1Br)C1CCOC2(CCOC2)C1. The van der Waals surface area contributed by atoms with Crippen molar-refractivity contribution in [3.63, 3.8) is 0 Å². The molecule has 2 heterocycles. The number of halogens is 2. The second-order valence-electron chi connectivity index (χ2n) is 5.87. The fourth-order valence-corrected chi connectivity index (χ4v) is 3.96. The zero-order chi connectivity index (χ0) is 14.9. The molecule has 21 heavy (non-hydrogen) atoms. The van der Waals surface area contributed by atoms with Crippen molar-refractivity contribution in [2.24, 2.45) is 11.8 Å². The van der Waals surface area contributed by atoms with Gasteiger partial charge in [0.2, 0.25) is 0 Å². The fourth-order valence-electron chi connectivity index (χ4n) is 3.45. The van der Waals surface area contributed by atoms with Crippen LogP contribution in [-0.2, 0) is 9.47 Å². The van der Waals surface area contributed by atoms with E-state index in [2.05, 4.69) is 21.4 Å².